The summed E-state index contributed by atoms with van der Waals surface area (Å²) >= 11 is 0. The number of pyridine rings is 1. The smallest absolute Gasteiger partial charge is 0.264 e. The second kappa shape index (κ2) is 6.84. The van der Waals surface area contributed by atoms with Gasteiger partial charge in [0.05, 0.1) is 17.8 Å². The molecule has 1 aromatic heterocycles. The van der Waals surface area contributed by atoms with E-state index in [4.69, 9.17) is 4.74 Å². The highest BCUT2D eigenvalue weighted by molar-refractivity contribution is 5.86. The molecule has 0 radical (unpaired) electrons. The zero-order valence-electron chi connectivity index (χ0n) is 13.5. The standard InChI is InChI=1S/C17H25N3O3/c1-12-15(6-3-9-19-12)23-17(7-10-18-11-8-17)16(22)20-13-4-2-5-14(13)21/h3,6,9,13-14,18,21H,2,4-5,7-8,10-11H2,1H3,(H,20,22)/t13-,14+/m0/s1. The van der Waals surface area contributed by atoms with Gasteiger partial charge in [0.25, 0.3) is 5.91 Å². The Morgan fingerprint density at radius 3 is 2.87 bits per heavy atom. The molecule has 2 aliphatic rings. The Morgan fingerprint density at radius 2 is 2.22 bits per heavy atom. The number of carbonyl (C=O) groups excluding carboxylic acids is 1. The number of nitrogens with zero attached hydrogens (tertiary/aromatic N) is 1. The van der Waals surface area contributed by atoms with Crippen LogP contribution in [0.2, 0.25) is 0 Å². The molecule has 2 atom stereocenters. The van der Waals surface area contributed by atoms with Crippen molar-refractivity contribution >= 4 is 5.91 Å². The highest BCUT2D eigenvalue weighted by atomic mass is 16.5. The lowest BCUT2D eigenvalue weighted by molar-refractivity contribution is -0.140. The van der Waals surface area contributed by atoms with E-state index in [0.717, 1.165) is 38.0 Å². The highest BCUT2D eigenvalue weighted by Gasteiger charge is 2.44. The summed E-state index contributed by atoms with van der Waals surface area (Å²) in [4.78, 5) is 17.2. The predicted octanol–water partition coefficient (Wildman–Crippen LogP) is 0.921. The summed E-state index contributed by atoms with van der Waals surface area (Å²) in [6, 6.07) is 3.51. The van der Waals surface area contributed by atoms with E-state index in [1.807, 2.05) is 19.1 Å². The highest BCUT2D eigenvalue weighted by Crippen LogP contribution is 2.29. The Labute approximate surface area is 136 Å². The molecule has 3 rings (SSSR count). The van der Waals surface area contributed by atoms with Crippen LogP contribution >= 0.6 is 0 Å². The van der Waals surface area contributed by atoms with Crippen molar-refractivity contribution in [1.29, 1.82) is 0 Å². The molecule has 126 valence electrons. The van der Waals surface area contributed by atoms with Gasteiger partial charge in [0, 0.05) is 19.0 Å². The normalized spacial score (nSPS) is 26.7. The number of rotatable bonds is 4. The number of carbonyl (C=O) groups is 1. The molecule has 23 heavy (non-hydrogen) atoms. The van der Waals surface area contributed by atoms with E-state index in [0.29, 0.717) is 18.6 Å². The van der Waals surface area contributed by atoms with E-state index in [2.05, 4.69) is 15.6 Å². The van der Waals surface area contributed by atoms with Gasteiger partial charge in [-0.15, -0.1) is 0 Å². The summed E-state index contributed by atoms with van der Waals surface area (Å²) in [6.07, 6.45) is 5.01. The van der Waals surface area contributed by atoms with Gasteiger partial charge < -0.3 is 20.5 Å². The number of aromatic nitrogens is 1. The third-order valence-corrected chi connectivity index (χ3v) is 4.88. The van der Waals surface area contributed by atoms with Gasteiger partial charge in [-0.3, -0.25) is 9.78 Å². The first-order valence-electron chi connectivity index (χ1n) is 8.41. The minimum atomic E-state index is -0.888. The molecule has 1 aromatic rings. The maximum Gasteiger partial charge on any atom is 0.264 e. The number of aliphatic hydroxyl groups is 1. The second-order valence-corrected chi connectivity index (χ2v) is 6.51. The van der Waals surface area contributed by atoms with Crippen molar-refractivity contribution in [3.8, 4) is 5.75 Å². The fourth-order valence-corrected chi connectivity index (χ4v) is 3.40. The molecule has 1 aliphatic heterocycles. The molecule has 0 unspecified atom stereocenters. The Balaban J connectivity index is 1.78. The quantitative estimate of drug-likeness (QED) is 0.769. The number of piperidine rings is 1. The number of aliphatic hydroxyl groups excluding tert-OH is 1. The van der Waals surface area contributed by atoms with Crippen molar-refractivity contribution in [2.24, 2.45) is 0 Å². The Morgan fingerprint density at radius 1 is 1.43 bits per heavy atom. The lowest BCUT2D eigenvalue weighted by Gasteiger charge is -2.37. The van der Waals surface area contributed by atoms with E-state index in [1.165, 1.54) is 0 Å². The fraction of sp³-hybridized carbons (Fsp3) is 0.647. The van der Waals surface area contributed by atoms with Gasteiger partial charge in [-0.25, -0.2) is 0 Å². The van der Waals surface area contributed by atoms with Crippen LogP contribution in [0.25, 0.3) is 0 Å². The summed E-state index contributed by atoms with van der Waals surface area (Å²) in [5, 5.41) is 16.3. The summed E-state index contributed by atoms with van der Waals surface area (Å²) in [6.45, 7) is 3.35. The van der Waals surface area contributed by atoms with Gasteiger partial charge in [0.1, 0.15) is 5.75 Å². The molecular weight excluding hydrogens is 294 g/mol. The van der Waals surface area contributed by atoms with Crippen LogP contribution in [0.5, 0.6) is 5.75 Å². The van der Waals surface area contributed by atoms with E-state index in [-0.39, 0.29) is 11.9 Å². The SMILES string of the molecule is Cc1ncccc1OC1(C(=O)N[C@H]2CCC[C@H]2O)CCNCC1. The van der Waals surface area contributed by atoms with Gasteiger partial charge in [-0.1, -0.05) is 0 Å². The molecule has 1 saturated heterocycles. The third kappa shape index (κ3) is 3.48. The number of hydrogen-bond donors (Lipinski definition) is 3. The van der Waals surface area contributed by atoms with Crippen LogP contribution in [0.15, 0.2) is 18.3 Å². The molecule has 1 saturated carbocycles. The van der Waals surface area contributed by atoms with Crippen LogP contribution in [0.4, 0.5) is 0 Å². The van der Waals surface area contributed by atoms with E-state index in [1.54, 1.807) is 6.20 Å². The molecule has 1 amide bonds. The number of hydrogen-bond acceptors (Lipinski definition) is 5. The number of amides is 1. The average Bonchev–Trinajstić information content (AvgIpc) is 2.96. The van der Waals surface area contributed by atoms with Crippen molar-refractivity contribution in [2.75, 3.05) is 13.1 Å². The molecule has 6 heteroatoms. The van der Waals surface area contributed by atoms with Crippen molar-refractivity contribution in [2.45, 2.75) is 56.8 Å². The monoisotopic (exact) mass is 319 g/mol. The zero-order chi connectivity index (χ0) is 16.3. The maximum absolute atomic E-state index is 12.9. The van der Waals surface area contributed by atoms with E-state index >= 15 is 0 Å². The topological polar surface area (TPSA) is 83.5 Å². The van der Waals surface area contributed by atoms with Crippen LogP contribution in [0.3, 0.4) is 0 Å². The fourth-order valence-electron chi connectivity index (χ4n) is 3.40. The molecule has 0 bridgehead atoms. The third-order valence-electron chi connectivity index (χ3n) is 4.88. The largest absolute Gasteiger partial charge is 0.475 e. The predicted molar refractivity (Wildman–Crippen MR) is 86.2 cm³/mol. The summed E-state index contributed by atoms with van der Waals surface area (Å²) in [5.41, 5.74) is -0.111. The molecular formula is C17H25N3O3. The van der Waals surface area contributed by atoms with Gasteiger partial charge >= 0.3 is 0 Å². The van der Waals surface area contributed by atoms with Gasteiger partial charge in [0.2, 0.25) is 0 Å². The number of aryl methyl sites for hydroxylation is 1. The van der Waals surface area contributed by atoms with Crippen molar-refractivity contribution in [3.63, 3.8) is 0 Å². The lowest BCUT2D eigenvalue weighted by Crippen LogP contribution is -2.59. The molecule has 0 spiro atoms. The minimum absolute atomic E-state index is 0.117. The first-order chi connectivity index (χ1) is 11.1. The molecule has 2 heterocycles. The van der Waals surface area contributed by atoms with Gasteiger partial charge in [-0.05, 0) is 51.4 Å². The second-order valence-electron chi connectivity index (χ2n) is 6.51. The minimum Gasteiger partial charge on any atom is -0.475 e. The first kappa shape index (κ1) is 16.2. The molecule has 6 nitrogen and oxygen atoms in total. The van der Waals surface area contributed by atoms with Crippen LogP contribution in [0, 0.1) is 6.92 Å². The lowest BCUT2D eigenvalue weighted by atomic mass is 9.90. The summed E-state index contributed by atoms with van der Waals surface area (Å²) in [7, 11) is 0. The zero-order valence-corrected chi connectivity index (χ0v) is 13.5. The van der Waals surface area contributed by atoms with Crippen molar-refractivity contribution in [3.05, 3.63) is 24.0 Å². The van der Waals surface area contributed by atoms with Crippen LogP contribution in [-0.4, -0.2) is 46.8 Å². The maximum atomic E-state index is 12.9. The van der Waals surface area contributed by atoms with E-state index < -0.39 is 11.7 Å². The number of nitrogens with one attached hydrogen (secondary N) is 2. The Bertz CT molecular complexity index is 558. The molecule has 1 aliphatic carbocycles. The van der Waals surface area contributed by atoms with Crippen LogP contribution < -0.4 is 15.4 Å². The first-order valence-corrected chi connectivity index (χ1v) is 8.41. The molecule has 2 fully saturated rings. The van der Waals surface area contributed by atoms with E-state index in [9.17, 15) is 9.90 Å². The Hall–Kier alpha value is -1.66. The number of ether oxygens (including phenoxy) is 1. The molecule has 3 N–H and O–H groups in total. The summed E-state index contributed by atoms with van der Waals surface area (Å²) < 4.78 is 6.18. The van der Waals surface area contributed by atoms with Crippen LogP contribution in [-0.2, 0) is 4.79 Å². The average molecular weight is 319 g/mol. The Kier molecular flexibility index (Phi) is 4.82. The van der Waals surface area contributed by atoms with Gasteiger partial charge in [-0.2, -0.15) is 0 Å². The van der Waals surface area contributed by atoms with Gasteiger partial charge in [0.15, 0.2) is 5.60 Å². The van der Waals surface area contributed by atoms with Crippen LogP contribution in [0.1, 0.15) is 37.8 Å². The van der Waals surface area contributed by atoms with Crippen molar-refractivity contribution in [1.82, 2.24) is 15.6 Å². The molecule has 0 aromatic carbocycles. The van der Waals surface area contributed by atoms with Crippen molar-refractivity contribution < 1.29 is 14.6 Å². The summed E-state index contributed by atoms with van der Waals surface area (Å²) in [5.74, 6) is 0.532.